The van der Waals surface area contributed by atoms with E-state index >= 15 is 0 Å². The zero-order valence-electron chi connectivity index (χ0n) is 21.6. The average Bonchev–Trinajstić information content (AvgIpc) is 2.91. The number of rotatable bonds is 9. The highest BCUT2D eigenvalue weighted by molar-refractivity contribution is 5.71. The Hall–Kier alpha value is -3.88. The average molecular weight is 507 g/mol. The summed E-state index contributed by atoms with van der Waals surface area (Å²) < 4.78 is 13.2. The molecular formula is C28H34N4O5. The molecule has 1 aromatic heterocycles. The fourth-order valence-corrected chi connectivity index (χ4v) is 4.47. The Morgan fingerprint density at radius 3 is 2.35 bits per heavy atom. The molecule has 196 valence electrons. The minimum absolute atomic E-state index is 0.124. The highest BCUT2D eigenvalue weighted by Gasteiger charge is 2.20. The van der Waals surface area contributed by atoms with Gasteiger partial charge in [0.1, 0.15) is 5.75 Å². The van der Waals surface area contributed by atoms with Gasteiger partial charge in [-0.1, -0.05) is 43.2 Å². The molecule has 3 aromatic rings. The standard InChI is InChI=1S/C28H34N4O5/c1-19-9-11-21(12-10-19)18-31-26(30-27(34)32(28(31)35)17-20(2)25(33)36-3)29-22-13-15-24(16-14-22)37-23-7-5-4-6-8-23/h9-16,20,23H,4-8,17-18H2,1-3H3,(H,29,30,34)/t20-/m0/s1. The molecular weight excluding hydrogens is 472 g/mol. The molecule has 1 aliphatic carbocycles. The maximum atomic E-state index is 13.5. The monoisotopic (exact) mass is 506 g/mol. The van der Waals surface area contributed by atoms with Crippen LogP contribution in [0, 0.1) is 12.8 Å². The number of nitrogens with one attached hydrogen (secondary N) is 1. The number of hydrogen-bond acceptors (Lipinski definition) is 7. The van der Waals surface area contributed by atoms with E-state index in [1.165, 1.54) is 30.9 Å². The number of carbonyl (C=O) groups is 1. The molecule has 1 aliphatic rings. The summed E-state index contributed by atoms with van der Waals surface area (Å²) in [6.45, 7) is 3.66. The molecule has 0 amide bonds. The highest BCUT2D eigenvalue weighted by Crippen LogP contribution is 2.25. The van der Waals surface area contributed by atoms with Gasteiger partial charge >= 0.3 is 17.3 Å². The predicted octanol–water partition coefficient (Wildman–Crippen LogP) is 4.03. The number of methoxy groups -OCH3 is 1. The van der Waals surface area contributed by atoms with Crippen LogP contribution >= 0.6 is 0 Å². The van der Waals surface area contributed by atoms with Crippen molar-refractivity contribution < 1.29 is 14.3 Å². The van der Waals surface area contributed by atoms with Crippen LogP contribution in [0.15, 0.2) is 58.1 Å². The molecule has 9 heteroatoms. The lowest BCUT2D eigenvalue weighted by Crippen LogP contribution is -2.44. The molecule has 0 saturated heterocycles. The van der Waals surface area contributed by atoms with Crippen LogP contribution in [0.25, 0.3) is 0 Å². The van der Waals surface area contributed by atoms with Gasteiger partial charge in [0, 0.05) is 12.2 Å². The summed E-state index contributed by atoms with van der Waals surface area (Å²) in [4.78, 5) is 42.4. The third-order valence-electron chi connectivity index (χ3n) is 6.64. The molecule has 0 radical (unpaired) electrons. The molecule has 4 rings (SSSR count). The maximum Gasteiger partial charge on any atom is 0.354 e. The summed E-state index contributed by atoms with van der Waals surface area (Å²) >= 11 is 0. The van der Waals surface area contributed by atoms with E-state index in [-0.39, 0.29) is 25.1 Å². The van der Waals surface area contributed by atoms with E-state index in [1.54, 1.807) is 6.92 Å². The molecule has 0 bridgehead atoms. The zero-order valence-corrected chi connectivity index (χ0v) is 21.6. The van der Waals surface area contributed by atoms with Gasteiger partial charge in [-0.05, 0) is 62.4 Å². The number of anilines is 2. The summed E-state index contributed by atoms with van der Waals surface area (Å²) in [5.41, 5.74) is 1.34. The van der Waals surface area contributed by atoms with Crippen molar-refractivity contribution in [3.8, 4) is 5.75 Å². The van der Waals surface area contributed by atoms with Crippen molar-refractivity contribution in [1.29, 1.82) is 0 Å². The summed E-state index contributed by atoms with van der Waals surface area (Å²) in [5.74, 6) is -0.275. The second-order valence-electron chi connectivity index (χ2n) is 9.63. The molecule has 2 aromatic carbocycles. The largest absolute Gasteiger partial charge is 0.490 e. The first-order chi connectivity index (χ1) is 17.8. The van der Waals surface area contributed by atoms with E-state index < -0.39 is 23.3 Å². The molecule has 0 spiro atoms. The second-order valence-corrected chi connectivity index (χ2v) is 9.63. The van der Waals surface area contributed by atoms with Gasteiger partial charge in [-0.25, -0.2) is 14.2 Å². The molecule has 1 atom stereocenters. The lowest BCUT2D eigenvalue weighted by atomic mass is 9.98. The number of nitrogens with zero attached hydrogens (tertiary/aromatic N) is 3. The molecule has 1 fully saturated rings. The summed E-state index contributed by atoms with van der Waals surface area (Å²) in [5, 5.41) is 3.12. The van der Waals surface area contributed by atoms with Gasteiger partial charge in [0.2, 0.25) is 5.95 Å². The van der Waals surface area contributed by atoms with Crippen LogP contribution in [0.1, 0.15) is 50.2 Å². The van der Waals surface area contributed by atoms with Gasteiger partial charge in [-0.2, -0.15) is 4.98 Å². The van der Waals surface area contributed by atoms with E-state index in [0.29, 0.717) is 5.69 Å². The van der Waals surface area contributed by atoms with Gasteiger partial charge in [0.05, 0.1) is 25.7 Å². The lowest BCUT2D eigenvalue weighted by Gasteiger charge is -2.23. The molecule has 0 aliphatic heterocycles. The zero-order chi connectivity index (χ0) is 26.4. The normalized spacial score (nSPS) is 14.7. The number of hydrogen-bond donors (Lipinski definition) is 1. The Labute approximate surface area is 216 Å². The molecule has 1 saturated carbocycles. The van der Waals surface area contributed by atoms with Crippen molar-refractivity contribution in [1.82, 2.24) is 14.1 Å². The third-order valence-corrected chi connectivity index (χ3v) is 6.64. The number of esters is 1. The van der Waals surface area contributed by atoms with Crippen LogP contribution in [0.4, 0.5) is 11.6 Å². The molecule has 1 heterocycles. The van der Waals surface area contributed by atoms with Crippen LogP contribution < -0.4 is 21.4 Å². The molecule has 9 nitrogen and oxygen atoms in total. The SMILES string of the molecule is COC(=O)[C@@H](C)Cn1c(=O)nc(Nc2ccc(OC3CCCCC3)cc2)n(Cc2ccc(C)cc2)c1=O. The smallest absolute Gasteiger partial charge is 0.354 e. The van der Waals surface area contributed by atoms with Gasteiger partial charge < -0.3 is 14.8 Å². The summed E-state index contributed by atoms with van der Waals surface area (Å²) in [6, 6.07) is 15.2. The molecule has 1 N–H and O–H groups in total. The Morgan fingerprint density at radius 1 is 1.03 bits per heavy atom. The van der Waals surface area contributed by atoms with Crippen molar-refractivity contribution in [2.45, 2.75) is 65.1 Å². The minimum atomic E-state index is -0.735. The Bertz CT molecular complexity index is 1320. The quantitative estimate of drug-likeness (QED) is 0.437. The maximum absolute atomic E-state index is 13.5. The number of benzene rings is 2. The first-order valence-electron chi connectivity index (χ1n) is 12.7. The summed E-state index contributed by atoms with van der Waals surface area (Å²) in [7, 11) is 1.27. The van der Waals surface area contributed by atoms with E-state index in [0.717, 1.165) is 34.3 Å². The topological polar surface area (TPSA) is 104 Å². The van der Waals surface area contributed by atoms with E-state index in [4.69, 9.17) is 9.47 Å². The highest BCUT2D eigenvalue weighted by atomic mass is 16.5. The first kappa shape index (κ1) is 26.2. The number of aromatic nitrogens is 3. The number of aryl methyl sites for hydroxylation is 1. The van der Waals surface area contributed by atoms with E-state index in [9.17, 15) is 14.4 Å². The van der Waals surface area contributed by atoms with Gasteiger partial charge in [0.15, 0.2) is 0 Å². The van der Waals surface area contributed by atoms with Crippen LogP contribution in [-0.4, -0.2) is 33.3 Å². The third kappa shape index (κ3) is 6.67. The van der Waals surface area contributed by atoms with Gasteiger partial charge in [0.25, 0.3) is 0 Å². The first-order valence-corrected chi connectivity index (χ1v) is 12.7. The predicted molar refractivity (Wildman–Crippen MR) is 141 cm³/mol. The van der Waals surface area contributed by atoms with Crippen molar-refractivity contribution >= 4 is 17.6 Å². The van der Waals surface area contributed by atoms with Crippen LogP contribution in [0.2, 0.25) is 0 Å². The Morgan fingerprint density at radius 2 is 1.70 bits per heavy atom. The van der Waals surface area contributed by atoms with Crippen LogP contribution in [0.5, 0.6) is 5.75 Å². The Kier molecular flexibility index (Phi) is 8.43. The van der Waals surface area contributed by atoms with Crippen molar-refractivity contribution in [2.24, 2.45) is 5.92 Å². The molecule has 0 unspecified atom stereocenters. The van der Waals surface area contributed by atoms with E-state index in [2.05, 4.69) is 10.3 Å². The number of ether oxygens (including phenoxy) is 2. The van der Waals surface area contributed by atoms with Crippen LogP contribution in [0.3, 0.4) is 0 Å². The fraction of sp³-hybridized carbons (Fsp3) is 0.429. The Balaban J connectivity index is 1.62. The van der Waals surface area contributed by atoms with Crippen molar-refractivity contribution in [3.63, 3.8) is 0 Å². The van der Waals surface area contributed by atoms with Crippen molar-refractivity contribution in [3.05, 3.63) is 80.6 Å². The fourth-order valence-electron chi connectivity index (χ4n) is 4.47. The van der Waals surface area contributed by atoms with Gasteiger partial charge in [-0.3, -0.25) is 9.36 Å². The number of carbonyl (C=O) groups excluding carboxylic acids is 1. The van der Waals surface area contributed by atoms with Gasteiger partial charge in [-0.15, -0.1) is 0 Å². The summed E-state index contributed by atoms with van der Waals surface area (Å²) in [6.07, 6.45) is 6.03. The lowest BCUT2D eigenvalue weighted by molar-refractivity contribution is -0.145. The van der Waals surface area contributed by atoms with E-state index in [1.807, 2.05) is 55.5 Å². The van der Waals surface area contributed by atoms with Crippen molar-refractivity contribution in [2.75, 3.05) is 12.4 Å². The minimum Gasteiger partial charge on any atom is -0.490 e. The van der Waals surface area contributed by atoms with Crippen LogP contribution in [-0.2, 0) is 22.6 Å². The molecule has 37 heavy (non-hydrogen) atoms. The second kappa shape index (κ2) is 11.9.